The summed E-state index contributed by atoms with van der Waals surface area (Å²) >= 11 is 0. The Morgan fingerprint density at radius 2 is 0.643 bits per heavy atom. The van der Waals surface area contributed by atoms with Gasteiger partial charge in [-0.2, -0.15) is 0 Å². The Morgan fingerprint density at radius 1 is 0.271 bits per heavy atom. The van der Waals surface area contributed by atoms with Crippen LogP contribution in [0.2, 0.25) is 0 Å². The predicted molar refractivity (Wildman–Crippen MR) is 282 cm³/mol. The van der Waals surface area contributed by atoms with Crippen LogP contribution in [0.1, 0.15) is 0 Å². The maximum absolute atomic E-state index is 6.66. The quantitative estimate of drug-likeness (QED) is 0.142. The number of hydrogen-bond donors (Lipinski definition) is 0. The predicted octanol–water partition coefficient (Wildman–Crippen LogP) is 17.7. The summed E-state index contributed by atoms with van der Waals surface area (Å²) in [5, 5.41) is 4.38. The van der Waals surface area contributed by atoms with Gasteiger partial charge in [0.05, 0.1) is 0 Å². The highest BCUT2D eigenvalue weighted by atomic mass is 16.4. The van der Waals surface area contributed by atoms with E-state index in [-0.39, 0.29) is 0 Å². The van der Waals surface area contributed by atoms with E-state index in [2.05, 4.69) is 155 Å². The molecule has 0 spiro atoms. The van der Waals surface area contributed by atoms with E-state index < -0.39 is 0 Å². The van der Waals surface area contributed by atoms with Gasteiger partial charge in [-0.05, 0) is 121 Å². The number of benzene rings is 10. The molecule has 0 saturated heterocycles. The van der Waals surface area contributed by atoms with Crippen molar-refractivity contribution >= 4 is 100 Å². The summed E-state index contributed by atoms with van der Waals surface area (Å²) in [7, 11) is 0. The van der Waals surface area contributed by atoms with Gasteiger partial charge in [0, 0.05) is 90.1 Å². The fourth-order valence-corrected chi connectivity index (χ4v) is 9.83. The minimum atomic E-state index is 0.525. The summed E-state index contributed by atoms with van der Waals surface area (Å²) in [6.45, 7) is 0. The summed E-state index contributed by atoms with van der Waals surface area (Å²) in [6, 6.07) is 78.5. The topological polar surface area (TPSA) is 84.8 Å². The molecule has 0 radical (unpaired) electrons. The number of fused-ring (bicyclic) bond motifs is 8. The van der Waals surface area contributed by atoms with Crippen molar-refractivity contribution in [3.63, 3.8) is 0 Å². The van der Waals surface area contributed by atoms with Crippen LogP contribution in [0.3, 0.4) is 0 Å². The van der Waals surface area contributed by atoms with Crippen LogP contribution in [-0.4, -0.2) is 9.97 Å². The molecule has 14 rings (SSSR count). The average molecular weight is 903 g/mol. The van der Waals surface area contributed by atoms with Crippen LogP contribution in [-0.2, 0) is 0 Å². The van der Waals surface area contributed by atoms with Crippen LogP contribution in [0.5, 0.6) is 0 Å². The van der Waals surface area contributed by atoms with Crippen molar-refractivity contribution in [2.75, 3.05) is 9.80 Å². The molecule has 4 heterocycles. The summed E-state index contributed by atoms with van der Waals surface area (Å²) in [6.07, 6.45) is 0. The number of oxazole rings is 2. The maximum atomic E-state index is 6.66. The molecule has 0 saturated carbocycles. The minimum Gasteiger partial charge on any atom is -0.456 e. The molecule has 8 nitrogen and oxygen atoms in total. The minimum absolute atomic E-state index is 0.525. The van der Waals surface area contributed by atoms with E-state index in [4.69, 9.17) is 27.6 Å². The van der Waals surface area contributed by atoms with Gasteiger partial charge in [0.15, 0.2) is 11.2 Å². The largest absolute Gasteiger partial charge is 0.456 e. The van der Waals surface area contributed by atoms with Crippen molar-refractivity contribution in [1.82, 2.24) is 9.97 Å². The summed E-state index contributed by atoms with van der Waals surface area (Å²) in [5.41, 5.74) is 15.7. The van der Waals surface area contributed by atoms with Crippen LogP contribution in [0.25, 0.3) is 100 Å². The van der Waals surface area contributed by atoms with E-state index in [1.165, 1.54) is 0 Å². The van der Waals surface area contributed by atoms with Crippen molar-refractivity contribution in [2.45, 2.75) is 0 Å². The molecular weight excluding hydrogens is 865 g/mol. The van der Waals surface area contributed by atoms with Crippen molar-refractivity contribution in [2.24, 2.45) is 0 Å². The third kappa shape index (κ3) is 6.61. The average Bonchev–Trinajstić information content (AvgIpc) is 4.23. The first-order chi connectivity index (χ1) is 34.7. The molecule has 4 aromatic heterocycles. The van der Waals surface area contributed by atoms with Gasteiger partial charge in [0.2, 0.25) is 11.8 Å². The lowest BCUT2D eigenvalue weighted by atomic mass is 10.0. The zero-order valence-corrected chi connectivity index (χ0v) is 37.4. The van der Waals surface area contributed by atoms with E-state index in [1.54, 1.807) is 0 Å². The first-order valence-electron chi connectivity index (χ1n) is 23.2. The lowest BCUT2D eigenvalue weighted by Crippen LogP contribution is -2.09. The first-order valence-corrected chi connectivity index (χ1v) is 23.2. The molecule has 0 fully saturated rings. The van der Waals surface area contributed by atoms with E-state index in [0.717, 1.165) is 111 Å². The van der Waals surface area contributed by atoms with Gasteiger partial charge in [-0.25, -0.2) is 9.97 Å². The molecule has 10 aromatic carbocycles. The Morgan fingerprint density at radius 3 is 1.09 bits per heavy atom. The second-order valence-electron chi connectivity index (χ2n) is 17.3. The van der Waals surface area contributed by atoms with Crippen molar-refractivity contribution < 1.29 is 17.7 Å². The first kappa shape index (κ1) is 39.5. The molecule has 0 unspecified atom stereocenters. The van der Waals surface area contributed by atoms with E-state index in [1.807, 2.05) is 84.9 Å². The lowest BCUT2D eigenvalue weighted by Gasteiger charge is -2.25. The fraction of sp³-hybridized carbons (Fsp3) is 0. The van der Waals surface area contributed by atoms with Crippen LogP contribution >= 0.6 is 0 Å². The molecule has 8 heteroatoms. The van der Waals surface area contributed by atoms with Crippen LogP contribution in [0.15, 0.2) is 248 Å². The normalized spacial score (nSPS) is 11.7. The molecule has 0 bridgehead atoms. The molecule has 0 atom stereocenters. The summed E-state index contributed by atoms with van der Waals surface area (Å²) < 4.78 is 25.9. The Hall–Kier alpha value is -9.66. The Balaban J connectivity index is 0.779. The zero-order valence-electron chi connectivity index (χ0n) is 37.4. The maximum Gasteiger partial charge on any atom is 0.227 e. The number of furan rings is 2. The van der Waals surface area contributed by atoms with E-state index in [9.17, 15) is 0 Å². The molecule has 14 aromatic rings. The van der Waals surface area contributed by atoms with Gasteiger partial charge in [-0.15, -0.1) is 0 Å². The highest BCUT2D eigenvalue weighted by molar-refractivity contribution is 6.07. The molecule has 0 aliphatic heterocycles. The number of anilines is 6. The number of aromatic nitrogens is 2. The van der Waals surface area contributed by atoms with Gasteiger partial charge >= 0.3 is 0 Å². The number of hydrogen-bond acceptors (Lipinski definition) is 8. The van der Waals surface area contributed by atoms with Gasteiger partial charge in [-0.1, -0.05) is 97.1 Å². The molecule has 0 aliphatic rings. The number of nitrogens with zero attached hydrogens (tertiary/aromatic N) is 4. The van der Waals surface area contributed by atoms with Crippen LogP contribution in [0.4, 0.5) is 34.1 Å². The Bertz CT molecular complexity index is 3970. The SMILES string of the molecule is c1ccc(N(c2ccc(-c3nc4cccc(-c5cccc6nc(-c7ccc(N(c8ccccc8)c8ccc9c(c8)oc8ccccc89)cc7)oc56)c4o3)cc2)c2ccc3c(c2)oc2ccccc23)cc1. The summed E-state index contributed by atoms with van der Waals surface area (Å²) in [4.78, 5) is 14.4. The monoisotopic (exact) mass is 902 g/mol. The molecule has 0 aliphatic carbocycles. The number of rotatable bonds is 9. The third-order valence-corrected chi connectivity index (χ3v) is 13.1. The summed E-state index contributed by atoms with van der Waals surface area (Å²) in [5.74, 6) is 1.05. The van der Waals surface area contributed by atoms with Crippen LogP contribution in [0, 0.1) is 0 Å². The molecule has 0 N–H and O–H groups in total. The molecule has 330 valence electrons. The van der Waals surface area contributed by atoms with Crippen molar-refractivity contribution in [1.29, 1.82) is 0 Å². The van der Waals surface area contributed by atoms with Gasteiger partial charge < -0.3 is 27.5 Å². The Labute approximate surface area is 400 Å². The molecular formula is C62H38N4O4. The third-order valence-electron chi connectivity index (χ3n) is 13.1. The zero-order chi connectivity index (χ0) is 46.1. The molecule has 0 amide bonds. The van der Waals surface area contributed by atoms with E-state index in [0.29, 0.717) is 22.9 Å². The van der Waals surface area contributed by atoms with Gasteiger partial charge in [0.25, 0.3) is 0 Å². The van der Waals surface area contributed by atoms with Crippen molar-refractivity contribution in [3.05, 3.63) is 231 Å². The van der Waals surface area contributed by atoms with Gasteiger partial charge in [-0.3, -0.25) is 0 Å². The Kier molecular flexibility index (Phi) is 9.03. The second-order valence-corrected chi connectivity index (χ2v) is 17.3. The number of para-hydroxylation sites is 6. The smallest absolute Gasteiger partial charge is 0.227 e. The van der Waals surface area contributed by atoms with E-state index >= 15 is 0 Å². The van der Waals surface area contributed by atoms with Gasteiger partial charge in [0.1, 0.15) is 33.4 Å². The standard InChI is InChI=1S/C62H38N4O4/c1-3-13-41(14-4-1)65(45-33-35-49-47-17-7-9-23-55(47)67-57(49)37-45)43-29-25-39(26-30-43)61-63-53-21-11-19-51(59(53)69-61)52-20-12-22-54-60(52)70-62(64-54)40-27-31-44(32-28-40)66(42-15-5-2-6-16-42)46-34-36-50-48-18-8-10-24-56(48)68-58(50)38-46/h1-38H. The fourth-order valence-electron chi connectivity index (χ4n) is 9.83. The lowest BCUT2D eigenvalue weighted by molar-refractivity contribution is 0.616. The molecule has 70 heavy (non-hydrogen) atoms. The highest BCUT2D eigenvalue weighted by Crippen LogP contribution is 2.43. The van der Waals surface area contributed by atoms with Crippen LogP contribution < -0.4 is 9.80 Å². The highest BCUT2D eigenvalue weighted by Gasteiger charge is 2.21. The van der Waals surface area contributed by atoms with Crippen molar-refractivity contribution in [3.8, 4) is 34.0 Å². The second kappa shape index (κ2) is 16.0.